The topological polar surface area (TPSA) is 87.7 Å². The van der Waals surface area contributed by atoms with Gasteiger partial charge in [-0.2, -0.15) is 0 Å². The molecule has 0 unspecified atom stereocenters. The van der Waals surface area contributed by atoms with Crippen molar-refractivity contribution in [1.29, 1.82) is 0 Å². The molecular weight excluding hydrogens is 378 g/mol. The lowest BCUT2D eigenvalue weighted by Gasteiger charge is -2.23. The van der Waals surface area contributed by atoms with Crippen LogP contribution < -0.4 is 11.1 Å². The largest absolute Gasteiger partial charge is 0.409 e. The highest BCUT2D eigenvalue weighted by Gasteiger charge is 2.25. The maximum Gasteiger partial charge on any atom is 0.252 e. The second-order valence-electron chi connectivity index (χ2n) is 4.68. The number of nitrogens with one attached hydrogen (secondary N) is 1. The Morgan fingerprint density at radius 1 is 1.47 bits per heavy atom. The average molecular weight is 393 g/mol. The Hall–Kier alpha value is -1.08. The SMILES string of the molecule is CC(C)(CNC(=O)c1cc(Br)ccc1Br)/C(N)=N/O. The Morgan fingerprint density at radius 2 is 2.11 bits per heavy atom. The van der Waals surface area contributed by atoms with Gasteiger partial charge in [0.05, 0.1) is 5.56 Å². The number of nitrogens with zero attached hydrogens (tertiary/aromatic N) is 1. The molecule has 1 amide bonds. The van der Waals surface area contributed by atoms with Gasteiger partial charge in [-0.25, -0.2) is 0 Å². The average Bonchev–Trinajstić information content (AvgIpc) is 2.37. The molecule has 0 aliphatic carbocycles. The Kier molecular flexibility index (Phi) is 5.37. The molecular formula is C12H15Br2N3O2. The minimum absolute atomic E-state index is 0.0705. The number of hydrogen-bond donors (Lipinski definition) is 3. The lowest BCUT2D eigenvalue weighted by atomic mass is 9.92. The lowest BCUT2D eigenvalue weighted by molar-refractivity contribution is 0.0943. The fraction of sp³-hybridized carbons (Fsp3) is 0.333. The molecule has 0 aliphatic rings. The molecule has 0 aromatic heterocycles. The van der Waals surface area contributed by atoms with E-state index in [1.165, 1.54) is 0 Å². The lowest BCUT2D eigenvalue weighted by Crippen LogP contribution is -2.42. The number of nitrogens with two attached hydrogens (primary N) is 1. The maximum absolute atomic E-state index is 12.1. The van der Waals surface area contributed by atoms with E-state index >= 15 is 0 Å². The van der Waals surface area contributed by atoms with Crippen LogP contribution in [0.15, 0.2) is 32.3 Å². The summed E-state index contributed by atoms with van der Waals surface area (Å²) in [7, 11) is 0. The van der Waals surface area contributed by atoms with Crippen LogP contribution in [0.4, 0.5) is 0 Å². The summed E-state index contributed by atoms with van der Waals surface area (Å²) in [5, 5.41) is 14.4. The monoisotopic (exact) mass is 391 g/mol. The molecule has 0 heterocycles. The predicted octanol–water partition coefficient (Wildman–Crippen LogP) is 2.71. The van der Waals surface area contributed by atoms with E-state index in [9.17, 15) is 4.79 Å². The molecule has 7 heteroatoms. The van der Waals surface area contributed by atoms with Crippen LogP contribution in [0.1, 0.15) is 24.2 Å². The van der Waals surface area contributed by atoms with E-state index in [1.807, 2.05) is 6.07 Å². The Bertz CT molecular complexity index is 516. The van der Waals surface area contributed by atoms with Gasteiger partial charge in [0.15, 0.2) is 0 Å². The molecule has 19 heavy (non-hydrogen) atoms. The van der Waals surface area contributed by atoms with Crippen molar-refractivity contribution < 1.29 is 10.0 Å². The van der Waals surface area contributed by atoms with Gasteiger partial charge >= 0.3 is 0 Å². The third kappa shape index (κ3) is 4.21. The Balaban J connectivity index is 2.79. The summed E-state index contributed by atoms with van der Waals surface area (Å²) in [6.45, 7) is 3.82. The summed E-state index contributed by atoms with van der Waals surface area (Å²) in [6.07, 6.45) is 0. The normalized spacial score (nSPS) is 12.3. The van der Waals surface area contributed by atoms with Crippen LogP contribution in [-0.4, -0.2) is 23.5 Å². The number of benzene rings is 1. The minimum atomic E-state index is -0.622. The van der Waals surface area contributed by atoms with Crippen LogP contribution in [0.25, 0.3) is 0 Å². The van der Waals surface area contributed by atoms with E-state index in [0.717, 1.165) is 4.47 Å². The van der Waals surface area contributed by atoms with E-state index in [0.29, 0.717) is 10.0 Å². The van der Waals surface area contributed by atoms with Crippen molar-refractivity contribution in [3.8, 4) is 0 Å². The molecule has 0 spiro atoms. The van der Waals surface area contributed by atoms with Gasteiger partial charge in [-0.15, -0.1) is 0 Å². The number of amidine groups is 1. The quantitative estimate of drug-likeness (QED) is 0.318. The molecule has 1 rings (SSSR count). The van der Waals surface area contributed by atoms with Gasteiger partial charge in [0.25, 0.3) is 5.91 Å². The molecule has 0 saturated heterocycles. The highest BCUT2D eigenvalue weighted by molar-refractivity contribution is 9.11. The van der Waals surface area contributed by atoms with Gasteiger partial charge in [0.1, 0.15) is 5.84 Å². The number of hydrogen-bond acceptors (Lipinski definition) is 3. The van der Waals surface area contributed by atoms with Gasteiger partial charge in [-0.1, -0.05) is 34.9 Å². The minimum Gasteiger partial charge on any atom is -0.409 e. The third-order valence-electron chi connectivity index (χ3n) is 2.67. The maximum atomic E-state index is 12.1. The Labute approximate surface area is 128 Å². The first-order valence-electron chi connectivity index (χ1n) is 5.49. The van der Waals surface area contributed by atoms with E-state index in [4.69, 9.17) is 10.9 Å². The molecule has 0 fully saturated rings. The van der Waals surface area contributed by atoms with E-state index in [-0.39, 0.29) is 18.3 Å². The number of amides is 1. The van der Waals surface area contributed by atoms with Gasteiger partial charge in [-0.3, -0.25) is 4.79 Å². The summed E-state index contributed by atoms with van der Waals surface area (Å²) in [4.78, 5) is 12.1. The van der Waals surface area contributed by atoms with Gasteiger partial charge < -0.3 is 16.3 Å². The van der Waals surface area contributed by atoms with Gasteiger partial charge in [-0.05, 0) is 34.1 Å². The Morgan fingerprint density at radius 3 is 2.68 bits per heavy atom. The standard InChI is InChI=1S/C12H15Br2N3O2/c1-12(2,11(15)17-19)6-16-10(18)8-5-7(13)3-4-9(8)14/h3-5,19H,6H2,1-2H3,(H2,15,17)(H,16,18). The van der Waals surface area contributed by atoms with Crippen molar-refractivity contribution >= 4 is 43.6 Å². The number of carbonyl (C=O) groups is 1. The van der Waals surface area contributed by atoms with E-state index in [2.05, 4.69) is 42.3 Å². The van der Waals surface area contributed by atoms with Crippen LogP contribution in [0.2, 0.25) is 0 Å². The predicted molar refractivity (Wildman–Crippen MR) is 81.4 cm³/mol. The van der Waals surface area contributed by atoms with Crippen LogP contribution >= 0.6 is 31.9 Å². The summed E-state index contributed by atoms with van der Waals surface area (Å²) < 4.78 is 1.52. The highest BCUT2D eigenvalue weighted by Crippen LogP contribution is 2.22. The van der Waals surface area contributed by atoms with Crippen molar-refractivity contribution in [2.45, 2.75) is 13.8 Å². The van der Waals surface area contributed by atoms with Crippen LogP contribution in [-0.2, 0) is 0 Å². The fourth-order valence-corrected chi connectivity index (χ4v) is 2.08. The molecule has 1 aromatic rings. The first-order valence-corrected chi connectivity index (χ1v) is 7.08. The first-order chi connectivity index (χ1) is 8.77. The molecule has 0 atom stereocenters. The molecule has 0 radical (unpaired) electrons. The molecule has 104 valence electrons. The van der Waals surface area contributed by atoms with Crippen molar-refractivity contribution in [3.05, 3.63) is 32.7 Å². The second-order valence-corrected chi connectivity index (χ2v) is 6.45. The number of oxime groups is 1. The molecule has 0 saturated carbocycles. The summed E-state index contributed by atoms with van der Waals surface area (Å²) in [6, 6.07) is 5.34. The van der Waals surface area contributed by atoms with Crippen LogP contribution in [0.5, 0.6) is 0 Å². The van der Waals surface area contributed by atoms with E-state index < -0.39 is 5.41 Å². The smallest absolute Gasteiger partial charge is 0.252 e. The second kappa shape index (κ2) is 6.38. The number of halogens is 2. The van der Waals surface area contributed by atoms with Crippen LogP contribution in [0.3, 0.4) is 0 Å². The molecule has 1 aromatic carbocycles. The molecule has 4 N–H and O–H groups in total. The highest BCUT2D eigenvalue weighted by atomic mass is 79.9. The zero-order valence-electron chi connectivity index (χ0n) is 10.6. The van der Waals surface area contributed by atoms with E-state index in [1.54, 1.807) is 26.0 Å². The van der Waals surface area contributed by atoms with Gasteiger partial charge in [0, 0.05) is 20.9 Å². The first kappa shape index (κ1) is 16.0. The number of rotatable bonds is 4. The molecule has 5 nitrogen and oxygen atoms in total. The summed E-state index contributed by atoms with van der Waals surface area (Å²) in [5.41, 5.74) is 5.46. The third-order valence-corrected chi connectivity index (χ3v) is 3.85. The van der Waals surface area contributed by atoms with Crippen LogP contribution in [0, 0.1) is 5.41 Å². The van der Waals surface area contributed by atoms with Crippen molar-refractivity contribution in [2.75, 3.05) is 6.54 Å². The fourth-order valence-electron chi connectivity index (χ4n) is 1.29. The summed E-state index contributed by atoms with van der Waals surface area (Å²) in [5.74, 6) is -0.159. The zero-order chi connectivity index (χ0) is 14.6. The van der Waals surface area contributed by atoms with Crippen molar-refractivity contribution in [1.82, 2.24) is 5.32 Å². The molecule has 0 bridgehead atoms. The van der Waals surface area contributed by atoms with Gasteiger partial charge in [0.2, 0.25) is 0 Å². The molecule has 0 aliphatic heterocycles. The zero-order valence-corrected chi connectivity index (χ0v) is 13.7. The van der Waals surface area contributed by atoms with Crippen molar-refractivity contribution in [2.24, 2.45) is 16.3 Å². The van der Waals surface area contributed by atoms with Crippen molar-refractivity contribution in [3.63, 3.8) is 0 Å². The summed E-state index contributed by atoms with van der Waals surface area (Å²) >= 11 is 6.64. The number of carbonyl (C=O) groups excluding carboxylic acids is 1.